The lowest BCUT2D eigenvalue weighted by Gasteiger charge is -1.79. The van der Waals surface area contributed by atoms with Gasteiger partial charge in [0.15, 0.2) is 0 Å². The van der Waals surface area contributed by atoms with Crippen molar-refractivity contribution in [2.45, 2.75) is 9.79 Å². The van der Waals surface area contributed by atoms with Crippen molar-refractivity contribution in [3.63, 3.8) is 0 Å². The summed E-state index contributed by atoms with van der Waals surface area (Å²) < 4.78 is 10.7. The van der Waals surface area contributed by atoms with Gasteiger partial charge in [-0.25, -0.2) is 4.21 Å². The lowest BCUT2D eigenvalue weighted by atomic mass is 10.3. The van der Waals surface area contributed by atoms with Gasteiger partial charge in [-0.2, -0.15) is 0 Å². The highest BCUT2D eigenvalue weighted by atomic mass is 32.2. The molecule has 0 saturated heterocycles. The van der Waals surface area contributed by atoms with Crippen LogP contribution in [0.5, 0.6) is 5.75 Å². The maximum absolute atomic E-state index is 10.7. The first-order valence-corrected chi connectivity index (χ1v) is 3.69. The largest absolute Gasteiger partial charge is 0.507 e. The third kappa shape index (κ3) is 0.522. The number of phenols is 1. The van der Waals surface area contributed by atoms with Crippen LogP contribution in [0.2, 0.25) is 0 Å². The lowest BCUT2D eigenvalue weighted by Crippen LogP contribution is -1.57. The summed E-state index contributed by atoms with van der Waals surface area (Å²) in [5.41, 5.74) is 0. The fraction of sp³-hybridized carbons (Fsp3) is 0. The van der Waals surface area contributed by atoms with E-state index in [0.29, 0.717) is 4.90 Å². The van der Waals surface area contributed by atoms with Crippen LogP contribution in [0.1, 0.15) is 0 Å². The van der Waals surface area contributed by atoms with Crippen LogP contribution in [0.3, 0.4) is 0 Å². The first-order valence-electron chi connectivity index (χ1n) is 2.54. The molecular formula is C6H4O2S. The van der Waals surface area contributed by atoms with Crippen molar-refractivity contribution in [3.05, 3.63) is 18.2 Å². The van der Waals surface area contributed by atoms with E-state index in [-0.39, 0.29) is 5.75 Å². The van der Waals surface area contributed by atoms with Gasteiger partial charge >= 0.3 is 0 Å². The van der Waals surface area contributed by atoms with Gasteiger partial charge in [0.1, 0.15) is 10.6 Å². The molecule has 1 unspecified atom stereocenters. The minimum atomic E-state index is -0.976. The highest BCUT2D eigenvalue weighted by Gasteiger charge is 2.31. The Bertz CT molecular complexity index is 293. The molecule has 46 valence electrons. The fourth-order valence-corrected chi connectivity index (χ4v) is 1.83. The van der Waals surface area contributed by atoms with Crippen LogP contribution in [-0.2, 0) is 10.8 Å². The zero-order chi connectivity index (χ0) is 6.43. The second-order valence-electron chi connectivity index (χ2n) is 1.87. The molecular weight excluding hydrogens is 136 g/mol. The van der Waals surface area contributed by atoms with Crippen molar-refractivity contribution in [1.82, 2.24) is 0 Å². The molecule has 0 saturated carbocycles. The number of phenolic OH excluding ortho intramolecular Hbond substituents is 1. The molecule has 0 bridgehead atoms. The van der Waals surface area contributed by atoms with E-state index in [1.165, 1.54) is 0 Å². The third-order valence-corrected chi connectivity index (χ3v) is 2.64. The molecule has 1 aliphatic heterocycles. The predicted molar refractivity (Wildman–Crippen MR) is 32.8 cm³/mol. The predicted octanol–water partition coefficient (Wildman–Crippen LogP) is 0.872. The van der Waals surface area contributed by atoms with Gasteiger partial charge in [-0.3, -0.25) is 0 Å². The molecule has 1 aliphatic rings. The maximum atomic E-state index is 10.7. The third-order valence-electron chi connectivity index (χ3n) is 1.30. The SMILES string of the molecule is O=S1c2cccc(O)c21. The summed E-state index contributed by atoms with van der Waals surface area (Å²) in [6.45, 7) is 0. The molecule has 2 rings (SSSR count). The van der Waals surface area contributed by atoms with Crippen LogP contribution in [-0.4, -0.2) is 9.32 Å². The summed E-state index contributed by atoms with van der Waals surface area (Å²) in [4.78, 5) is 1.38. The zero-order valence-corrected chi connectivity index (χ0v) is 5.31. The van der Waals surface area contributed by atoms with Gasteiger partial charge < -0.3 is 5.11 Å². The molecule has 1 atom stereocenters. The molecule has 1 heterocycles. The van der Waals surface area contributed by atoms with Crippen molar-refractivity contribution >= 4 is 10.8 Å². The Morgan fingerprint density at radius 1 is 1.44 bits per heavy atom. The van der Waals surface area contributed by atoms with Crippen LogP contribution in [0.4, 0.5) is 0 Å². The Hall–Kier alpha value is -0.830. The highest BCUT2D eigenvalue weighted by Crippen LogP contribution is 2.41. The number of aromatic hydroxyl groups is 1. The Balaban J connectivity index is 2.74. The maximum Gasteiger partial charge on any atom is 0.133 e. The van der Waals surface area contributed by atoms with Crippen molar-refractivity contribution in [2.75, 3.05) is 0 Å². The number of hydrogen-bond acceptors (Lipinski definition) is 2. The van der Waals surface area contributed by atoms with Gasteiger partial charge in [0.05, 0.1) is 15.7 Å². The lowest BCUT2D eigenvalue weighted by molar-refractivity contribution is 0.462. The van der Waals surface area contributed by atoms with Gasteiger partial charge in [0.2, 0.25) is 0 Å². The van der Waals surface area contributed by atoms with E-state index in [1.54, 1.807) is 18.2 Å². The first kappa shape index (κ1) is 4.99. The average molecular weight is 140 g/mol. The minimum absolute atomic E-state index is 0.158. The van der Waals surface area contributed by atoms with E-state index in [1.807, 2.05) is 0 Å². The van der Waals surface area contributed by atoms with Crippen molar-refractivity contribution in [3.8, 4) is 5.75 Å². The van der Waals surface area contributed by atoms with Crippen LogP contribution in [0, 0.1) is 0 Å². The summed E-state index contributed by atoms with van der Waals surface area (Å²) in [6.07, 6.45) is 0. The topological polar surface area (TPSA) is 37.3 Å². The van der Waals surface area contributed by atoms with Gasteiger partial charge in [-0.15, -0.1) is 0 Å². The Labute approximate surface area is 54.6 Å². The molecule has 0 spiro atoms. The van der Waals surface area contributed by atoms with Crippen molar-refractivity contribution < 1.29 is 9.32 Å². The summed E-state index contributed by atoms with van der Waals surface area (Å²) in [6, 6.07) is 4.99. The number of fused-ring (bicyclic) bond motifs is 1. The zero-order valence-electron chi connectivity index (χ0n) is 4.50. The average Bonchev–Trinajstić information content (AvgIpc) is 2.45. The number of hydrogen-bond donors (Lipinski definition) is 1. The van der Waals surface area contributed by atoms with E-state index >= 15 is 0 Å². The molecule has 1 N–H and O–H groups in total. The van der Waals surface area contributed by atoms with Crippen LogP contribution < -0.4 is 0 Å². The van der Waals surface area contributed by atoms with E-state index in [9.17, 15) is 4.21 Å². The summed E-state index contributed by atoms with van der Waals surface area (Å²) in [7, 11) is -0.976. The molecule has 9 heavy (non-hydrogen) atoms. The van der Waals surface area contributed by atoms with Gasteiger partial charge in [0, 0.05) is 0 Å². The smallest absolute Gasteiger partial charge is 0.133 e. The van der Waals surface area contributed by atoms with E-state index in [0.717, 1.165) is 4.90 Å². The molecule has 2 nitrogen and oxygen atoms in total. The first-order chi connectivity index (χ1) is 4.30. The number of benzene rings is 1. The van der Waals surface area contributed by atoms with E-state index in [2.05, 4.69) is 0 Å². The Morgan fingerprint density at radius 3 is 2.78 bits per heavy atom. The Morgan fingerprint density at radius 2 is 2.22 bits per heavy atom. The van der Waals surface area contributed by atoms with Gasteiger partial charge in [0.25, 0.3) is 0 Å². The summed E-state index contributed by atoms with van der Waals surface area (Å²) >= 11 is 0. The number of rotatable bonds is 0. The van der Waals surface area contributed by atoms with E-state index in [4.69, 9.17) is 5.11 Å². The summed E-state index contributed by atoms with van der Waals surface area (Å²) in [5.74, 6) is 0.158. The van der Waals surface area contributed by atoms with E-state index < -0.39 is 10.8 Å². The van der Waals surface area contributed by atoms with Crippen molar-refractivity contribution in [1.29, 1.82) is 0 Å². The van der Waals surface area contributed by atoms with Crippen LogP contribution in [0.15, 0.2) is 28.0 Å². The fourth-order valence-electron chi connectivity index (χ4n) is 0.807. The highest BCUT2D eigenvalue weighted by molar-refractivity contribution is 7.91. The van der Waals surface area contributed by atoms with Gasteiger partial charge in [-0.05, 0) is 12.1 Å². The normalized spacial score (nSPS) is 21.1. The second kappa shape index (κ2) is 1.36. The summed E-state index contributed by atoms with van der Waals surface area (Å²) in [5, 5.41) is 8.95. The molecule has 1 aromatic carbocycles. The quantitative estimate of drug-likeness (QED) is 0.551. The van der Waals surface area contributed by atoms with Gasteiger partial charge in [-0.1, -0.05) is 6.07 Å². The molecule has 0 amide bonds. The molecule has 0 radical (unpaired) electrons. The minimum Gasteiger partial charge on any atom is -0.507 e. The van der Waals surface area contributed by atoms with Crippen LogP contribution >= 0.6 is 0 Å². The second-order valence-corrected chi connectivity index (χ2v) is 3.26. The van der Waals surface area contributed by atoms with Crippen molar-refractivity contribution in [2.24, 2.45) is 0 Å². The standard InChI is InChI=1S/C6H4O2S/c7-4-2-1-3-5-6(4)9(5)8/h1-3,7H. The molecule has 1 aromatic rings. The van der Waals surface area contributed by atoms with Crippen LogP contribution in [0.25, 0.3) is 0 Å². The Kier molecular flexibility index (Phi) is 0.754. The molecule has 0 aliphatic carbocycles. The molecule has 0 fully saturated rings. The monoisotopic (exact) mass is 140 g/mol. The molecule has 0 aromatic heterocycles. The molecule has 3 heteroatoms.